The number of rotatable bonds is 5. The van der Waals surface area contributed by atoms with Gasteiger partial charge >= 0.3 is 0 Å². The number of amides is 1. The van der Waals surface area contributed by atoms with Gasteiger partial charge in [-0.05, 0) is 61.5 Å². The maximum absolute atomic E-state index is 12.3. The third kappa shape index (κ3) is 5.11. The molecule has 0 bridgehead atoms. The Labute approximate surface area is 161 Å². The van der Waals surface area contributed by atoms with Crippen LogP contribution in [0.25, 0.3) is 5.57 Å². The highest BCUT2D eigenvalue weighted by Crippen LogP contribution is 2.21. The molecule has 1 aliphatic rings. The summed E-state index contributed by atoms with van der Waals surface area (Å²) in [6.45, 7) is 6.15. The number of hydrogen-bond donors (Lipinski definition) is 1. The molecule has 5 nitrogen and oxygen atoms in total. The van der Waals surface area contributed by atoms with Crippen LogP contribution in [-0.2, 0) is 4.79 Å². The molecule has 3 rings (SSSR count). The van der Waals surface area contributed by atoms with Crippen LogP contribution in [0.4, 0.5) is 11.4 Å². The Morgan fingerprint density at radius 3 is 2.22 bits per heavy atom. The zero-order valence-electron chi connectivity index (χ0n) is 16.2. The predicted octanol–water partition coefficient (Wildman–Crippen LogP) is 3.49. The first-order valence-electron chi connectivity index (χ1n) is 9.22. The maximum Gasteiger partial charge on any atom is 0.248 e. The molecular weight excluding hydrogens is 338 g/mol. The average Bonchev–Trinajstić information content (AvgIpc) is 2.69. The number of carbonyl (C=O) groups is 1. The highest BCUT2D eigenvalue weighted by atomic mass is 16.5. The lowest BCUT2D eigenvalue weighted by Crippen LogP contribution is -2.44. The van der Waals surface area contributed by atoms with E-state index in [0.717, 1.165) is 48.8 Å². The minimum atomic E-state index is -0.129. The Morgan fingerprint density at radius 1 is 1.00 bits per heavy atom. The van der Waals surface area contributed by atoms with Crippen LogP contribution in [0.15, 0.2) is 54.6 Å². The van der Waals surface area contributed by atoms with Crippen molar-refractivity contribution in [2.75, 3.05) is 50.6 Å². The molecule has 1 amide bonds. The van der Waals surface area contributed by atoms with Crippen molar-refractivity contribution in [3.63, 3.8) is 0 Å². The maximum atomic E-state index is 12.3. The van der Waals surface area contributed by atoms with E-state index in [2.05, 4.69) is 34.3 Å². The quantitative estimate of drug-likeness (QED) is 0.824. The summed E-state index contributed by atoms with van der Waals surface area (Å²) in [6.07, 6.45) is 1.62. The molecule has 2 aromatic rings. The molecule has 1 fully saturated rings. The molecule has 0 spiro atoms. The van der Waals surface area contributed by atoms with Crippen LogP contribution in [-0.4, -0.2) is 51.1 Å². The van der Waals surface area contributed by atoms with Crippen molar-refractivity contribution in [3.05, 3.63) is 60.2 Å². The Morgan fingerprint density at radius 2 is 1.63 bits per heavy atom. The smallest absolute Gasteiger partial charge is 0.248 e. The molecule has 1 heterocycles. The first-order chi connectivity index (χ1) is 13.0. The molecule has 142 valence electrons. The number of nitrogens with one attached hydrogen (secondary N) is 1. The van der Waals surface area contributed by atoms with Crippen molar-refractivity contribution in [2.45, 2.75) is 6.92 Å². The Bertz CT molecular complexity index is 789. The molecule has 0 unspecified atom stereocenters. The second-order valence-electron chi connectivity index (χ2n) is 6.88. The fourth-order valence-corrected chi connectivity index (χ4v) is 3.13. The van der Waals surface area contributed by atoms with Gasteiger partial charge < -0.3 is 19.9 Å². The zero-order chi connectivity index (χ0) is 19.2. The second kappa shape index (κ2) is 8.73. The van der Waals surface area contributed by atoms with E-state index in [1.807, 2.05) is 43.3 Å². The monoisotopic (exact) mass is 365 g/mol. The molecule has 0 saturated carbocycles. The number of hydrogen-bond acceptors (Lipinski definition) is 4. The molecule has 0 atom stereocenters. The topological polar surface area (TPSA) is 44.8 Å². The SMILES string of the molecule is COc1ccc(/C(C)=C/C(=O)Nc2ccc(N3CCN(C)CC3)cc2)cc1. The van der Waals surface area contributed by atoms with Crippen LogP contribution in [0.1, 0.15) is 12.5 Å². The van der Waals surface area contributed by atoms with E-state index in [-0.39, 0.29) is 5.91 Å². The van der Waals surface area contributed by atoms with Crippen LogP contribution < -0.4 is 15.0 Å². The molecule has 0 aromatic heterocycles. The normalized spacial score (nSPS) is 15.5. The summed E-state index contributed by atoms with van der Waals surface area (Å²) in [5, 5.41) is 2.94. The minimum Gasteiger partial charge on any atom is -0.497 e. The number of anilines is 2. The summed E-state index contributed by atoms with van der Waals surface area (Å²) >= 11 is 0. The van der Waals surface area contributed by atoms with E-state index >= 15 is 0 Å². The number of methoxy groups -OCH3 is 1. The van der Waals surface area contributed by atoms with Crippen molar-refractivity contribution in [3.8, 4) is 5.75 Å². The van der Waals surface area contributed by atoms with Gasteiger partial charge in [0.2, 0.25) is 5.91 Å². The van der Waals surface area contributed by atoms with Gasteiger partial charge in [-0.3, -0.25) is 4.79 Å². The van der Waals surface area contributed by atoms with Gasteiger partial charge in [0, 0.05) is 43.6 Å². The summed E-state index contributed by atoms with van der Waals surface area (Å²) in [5.41, 5.74) is 3.91. The average molecular weight is 365 g/mol. The lowest BCUT2D eigenvalue weighted by Gasteiger charge is -2.34. The van der Waals surface area contributed by atoms with Crippen LogP contribution in [0.2, 0.25) is 0 Å². The largest absolute Gasteiger partial charge is 0.497 e. The van der Waals surface area contributed by atoms with Gasteiger partial charge in [0.15, 0.2) is 0 Å². The van der Waals surface area contributed by atoms with Crippen molar-refractivity contribution in [1.82, 2.24) is 4.90 Å². The molecule has 0 radical (unpaired) electrons. The highest BCUT2D eigenvalue weighted by molar-refractivity contribution is 6.03. The highest BCUT2D eigenvalue weighted by Gasteiger charge is 2.14. The summed E-state index contributed by atoms with van der Waals surface area (Å²) < 4.78 is 5.16. The van der Waals surface area contributed by atoms with E-state index in [0.29, 0.717) is 0 Å². The van der Waals surface area contributed by atoms with Gasteiger partial charge in [-0.1, -0.05) is 12.1 Å². The van der Waals surface area contributed by atoms with Crippen LogP contribution >= 0.6 is 0 Å². The number of piperazine rings is 1. The number of nitrogens with zero attached hydrogens (tertiary/aromatic N) is 2. The molecule has 1 saturated heterocycles. The molecule has 1 N–H and O–H groups in total. The number of ether oxygens (including phenoxy) is 1. The van der Waals surface area contributed by atoms with Crippen LogP contribution in [0, 0.1) is 0 Å². The summed E-state index contributed by atoms with van der Waals surface area (Å²) in [5.74, 6) is 0.673. The Balaban J connectivity index is 1.60. The van der Waals surface area contributed by atoms with Crippen molar-refractivity contribution in [1.29, 1.82) is 0 Å². The van der Waals surface area contributed by atoms with Crippen molar-refractivity contribution < 1.29 is 9.53 Å². The molecule has 5 heteroatoms. The minimum absolute atomic E-state index is 0.129. The third-order valence-corrected chi connectivity index (χ3v) is 4.90. The fraction of sp³-hybridized carbons (Fsp3) is 0.318. The van der Waals surface area contributed by atoms with Gasteiger partial charge in [-0.2, -0.15) is 0 Å². The van der Waals surface area contributed by atoms with Crippen LogP contribution in [0.3, 0.4) is 0 Å². The van der Waals surface area contributed by atoms with Crippen LogP contribution in [0.5, 0.6) is 5.75 Å². The predicted molar refractivity (Wildman–Crippen MR) is 111 cm³/mol. The molecule has 27 heavy (non-hydrogen) atoms. The summed E-state index contributed by atoms with van der Waals surface area (Å²) in [6, 6.07) is 15.7. The number of likely N-dealkylation sites (N-methyl/N-ethyl adjacent to an activating group) is 1. The molecular formula is C22H27N3O2. The number of benzene rings is 2. The molecule has 0 aliphatic carbocycles. The van der Waals surface area contributed by atoms with Gasteiger partial charge in [-0.25, -0.2) is 0 Å². The fourth-order valence-electron chi connectivity index (χ4n) is 3.13. The van der Waals surface area contributed by atoms with E-state index < -0.39 is 0 Å². The zero-order valence-corrected chi connectivity index (χ0v) is 16.2. The summed E-state index contributed by atoms with van der Waals surface area (Å²) in [4.78, 5) is 17.0. The van der Waals surface area contributed by atoms with Crippen molar-refractivity contribution in [2.24, 2.45) is 0 Å². The van der Waals surface area contributed by atoms with Gasteiger partial charge in [-0.15, -0.1) is 0 Å². The second-order valence-corrected chi connectivity index (χ2v) is 6.88. The molecule has 1 aliphatic heterocycles. The lowest BCUT2D eigenvalue weighted by molar-refractivity contribution is -0.111. The van der Waals surface area contributed by atoms with E-state index in [1.165, 1.54) is 5.69 Å². The first-order valence-corrected chi connectivity index (χ1v) is 9.22. The van der Waals surface area contributed by atoms with Gasteiger partial charge in [0.05, 0.1) is 7.11 Å². The standard InChI is InChI=1S/C22H27N3O2/c1-17(18-4-10-21(27-3)11-5-18)16-22(26)23-19-6-8-20(9-7-19)25-14-12-24(2)13-15-25/h4-11,16H,12-15H2,1-3H3,(H,23,26)/b17-16+. The Kier molecular flexibility index (Phi) is 6.14. The van der Waals surface area contributed by atoms with Crippen molar-refractivity contribution >= 4 is 22.9 Å². The number of carbonyl (C=O) groups excluding carboxylic acids is 1. The van der Waals surface area contributed by atoms with E-state index in [9.17, 15) is 4.79 Å². The van der Waals surface area contributed by atoms with Gasteiger partial charge in [0.1, 0.15) is 5.75 Å². The summed E-state index contributed by atoms with van der Waals surface area (Å²) in [7, 11) is 3.79. The Hall–Kier alpha value is -2.79. The molecule has 2 aromatic carbocycles. The third-order valence-electron chi connectivity index (χ3n) is 4.90. The first kappa shape index (κ1) is 19.0. The number of allylic oxidation sites excluding steroid dienone is 1. The van der Waals surface area contributed by atoms with E-state index in [4.69, 9.17) is 4.74 Å². The van der Waals surface area contributed by atoms with E-state index in [1.54, 1.807) is 13.2 Å². The lowest BCUT2D eigenvalue weighted by atomic mass is 10.1. The van der Waals surface area contributed by atoms with Gasteiger partial charge in [0.25, 0.3) is 0 Å².